The van der Waals surface area contributed by atoms with Gasteiger partial charge in [-0.1, -0.05) is 82.1 Å². The first-order valence-corrected chi connectivity index (χ1v) is 7.96. The summed E-state index contributed by atoms with van der Waals surface area (Å²) in [5.74, 6) is 1.52. The minimum Gasteiger partial charge on any atom is -0.0722 e. The van der Waals surface area contributed by atoms with E-state index in [0.717, 1.165) is 0 Å². The quantitative estimate of drug-likeness (QED) is 0.571. The van der Waals surface area contributed by atoms with Gasteiger partial charge in [0.15, 0.2) is 0 Å². The SMILES string of the molecule is CCCCC1(C2=C(C)C=C[C]2C(C)(C)C)C=CC(C)=C1. The van der Waals surface area contributed by atoms with Gasteiger partial charge in [0.05, 0.1) is 0 Å². The van der Waals surface area contributed by atoms with Gasteiger partial charge in [-0.15, -0.1) is 0 Å². The largest absolute Gasteiger partial charge is 0.0722 e. The zero-order valence-electron chi connectivity index (χ0n) is 14.0. The lowest BCUT2D eigenvalue weighted by Crippen LogP contribution is -2.27. The number of allylic oxidation sites excluding steroid dienone is 8. The van der Waals surface area contributed by atoms with Crippen LogP contribution in [0.25, 0.3) is 0 Å². The first-order chi connectivity index (χ1) is 9.30. The summed E-state index contributed by atoms with van der Waals surface area (Å²) in [5.41, 5.74) is 4.76. The third-order valence-corrected chi connectivity index (χ3v) is 4.51. The second kappa shape index (κ2) is 5.39. The van der Waals surface area contributed by atoms with Crippen LogP contribution < -0.4 is 0 Å². The standard InChI is InChI=1S/C20H29/c1-7-8-12-20(13-11-15(2)14-20)18-16(3)9-10-17(18)19(4,5)6/h9-11,13-14H,7-8,12H2,1-6H3. The molecule has 0 heterocycles. The number of rotatable bonds is 4. The van der Waals surface area contributed by atoms with Crippen molar-refractivity contribution in [2.75, 3.05) is 0 Å². The van der Waals surface area contributed by atoms with Crippen molar-refractivity contribution >= 4 is 0 Å². The van der Waals surface area contributed by atoms with Crippen LogP contribution in [0.4, 0.5) is 0 Å². The average molecular weight is 269 g/mol. The molecule has 0 aromatic rings. The van der Waals surface area contributed by atoms with Crippen LogP contribution in [0.2, 0.25) is 0 Å². The van der Waals surface area contributed by atoms with Crippen LogP contribution in [0.15, 0.2) is 47.1 Å². The Hall–Kier alpha value is -1.04. The van der Waals surface area contributed by atoms with Crippen LogP contribution in [0.5, 0.6) is 0 Å². The Morgan fingerprint density at radius 3 is 2.25 bits per heavy atom. The molecule has 0 heteroatoms. The first-order valence-electron chi connectivity index (χ1n) is 7.96. The Labute approximate surface area is 125 Å². The molecule has 0 spiro atoms. The van der Waals surface area contributed by atoms with Gasteiger partial charge in [-0.3, -0.25) is 0 Å². The number of hydrogen-bond donors (Lipinski definition) is 0. The molecule has 0 nitrogen and oxygen atoms in total. The summed E-state index contributed by atoms with van der Waals surface area (Å²) in [6.45, 7) is 13.8. The van der Waals surface area contributed by atoms with Crippen LogP contribution in [0.3, 0.4) is 0 Å². The van der Waals surface area contributed by atoms with Crippen LogP contribution in [-0.2, 0) is 0 Å². The van der Waals surface area contributed by atoms with Crippen molar-refractivity contribution in [1.82, 2.24) is 0 Å². The average Bonchev–Trinajstić information content (AvgIpc) is 2.91. The Morgan fingerprint density at radius 2 is 1.75 bits per heavy atom. The molecule has 0 aromatic heterocycles. The van der Waals surface area contributed by atoms with Gasteiger partial charge < -0.3 is 0 Å². The van der Waals surface area contributed by atoms with Crippen molar-refractivity contribution in [3.8, 4) is 0 Å². The van der Waals surface area contributed by atoms with E-state index >= 15 is 0 Å². The van der Waals surface area contributed by atoms with Gasteiger partial charge in [0.25, 0.3) is 0 Å². The molecule has 2 aliphatic carbocycles. The van der Waals surface area contributed by atoms with Crippen molar-refractivity contribution in [2.24, 2.45) is 10.8 Å². The molecule has 1 radical (unpaired) electrons. The fourth-order valence-corrected chi connectivity index (χ4v) is 3.52. The molecule has 0 amide bonds. The maximum Gasteiger partial charge on any atom is 0.0295 e. The summed E-state index contributed by atoms with van der Waals surface area (Å²) in [6, 6.07) is 0. The van der Waals surface area contributed by atoms with E-state index in [9.17, 15) is 0 Å². The van der Waals surface area contributed by atoms with E-state index in [4.69, 9.17) is 0 Å². The molecule has 1 unspecified atom stereocenters. The summed E-state index contributed by atoms with van der Waals surface area (Å²) >= 11 is 0. The molecule has 1 atom stereocenters. The number of unbranched alkanes of at least 4 members (excludes halogenated alkanes) is 1. The van der Waals surface area contributed by atoms with Crippen molar-refractivity contribution in [1.29, 1.82) is 0 Å². The molecule has 0 saturated heterocycles. The minimum absolute atomic E-state index is 0.135. The highest BCUT2D eigenvalue weighted by atomic mass is 14.4. The van der Waals surface area contributed by atoms with Crippen molar-refractivity contribution in [3.63, 3.8) is 0 Å². The van der Waals surface area contributed by atoms with Gasteiger partial charge in [0.1, 0.15) is 0 Å². The molecule has 109 valence electrons. The van der Waals surface area contributed by atoms with Crippen LogP contribution in [0.1, 0.15) is 60.8 Å². The zero-order valence-corrected chi connectivity index (χ0v) is 14.0. The topological polar surface area (TPSA) is 0 Å². The van der Waals surface area contributed by atoms with E-state index in [1.807, 2.05) is 0 Å². The summed E-state index contributed by atoms with van der Waals surface area (Å²) < 4.78 is 0. The highest BCUT2D eigenvalue weighted by Crippen LogP contribution is 2.53. The lowest BCUT2D eigenvalue weighted by atomic mass is 9.65. The van der Waals surface area contributed by atoms with E-state index in [1.54, 1.807) is 5.57 Å². The van der Waals surface area contributed by atoms with Crippen molar-refractivity contribution < 1.29 is 0 Å². The van der Waals surface area contributed by atoms with Gasteiger partial charge >= 0.3 is 0 Å². The van der Waals surface area contributed by atoms with Crippen molar-refractivity contribution in [3.05, 3.63) is 53.0 Å². The molecule has 0 saturated carbocycles. The van der Waals surface area contributed by atoms with E-state index in [1.165, 1.54) is 36.3 Å². The molecule has 20 heavy (non-hydrogen) atoms. The fourth-order valence-electron chi connectivity index (χ4n) is 3.52. The maximum absolute atomic E-state index is 2.49. The smallest absolute Gasteiger partial charge is 0.0295 e. The fraction of sp³-hybridized carbons (Fsp3) is 0.550. The van der Waals surface area contributed by atoms with E-state index in [-0.39, 0.29) is 10.8 Å². The Balaban J connectivity index is 2.45. The van der Waals surface area contributed by atoms with Gasteiger partial charge in [0, 0.05) is 11.3 Å². The van der Waals surface area contributed by atoms with Gasteiger partial charge in [-0.05, 0) is 31.3 Å². The Morgan fingerprint density at radius 1 is 1.05 bits per heavy atom. The third kappa shape index (κ3) is 2.71. The van der Waals surface area contributed by atoms with Crippen LogP contribution in [0, 0.1) is 16.7 Å². The highest BCUT2D eigenvalue weighted by molar-refractivity contribution is 5.59. The molecule has 0 bridgehead atoms. The van der Waals surface area contributed by atoms with Crippen molar-refractivity contribution in [2.45, 2.75) is 60.8 Å². The molecule has 2 aliphatic rings. The van der Waals surface area contributed by atoms with E-state index < -0.39 is 0 Å². The second-order valence-electron chi connectivity index (χ2n) is 7.42. The molecule has 0 aromatic carbocycles. The predicted molar refractivity (Wildman–Crippen MR) is 89.4 cm³/mol. The maximum atomic E-state index is 2.49. The molecule has 2 rings (SSSR count). The van der Waals surface area contributed by atoms with E-state index in [0.29, 0.717) is 0 Å². The summed E-state index contributed by atoms with van der Waals surface area (Å²) in [4.78, 5) is 0. The minimum atomic E-state index is 0.135. The Bertz CT molecular complexity index is 491. The molecule has 0 aliphatic heterocycles. The summed E-state index contributed by atoms with van der Waals surface area (Å²) in [6.07, 6.45) is 15.6. The highest BCUT2D eigenvalue weighted by Gasteiger charge is 2.42. The lowest BCUT2D eigenvalue weighted by molar-refractivity contribution is 0.419. The van der Waals surface area contributed by atoms with Crippen LogP contribution in [-0.4, -0.2) is 0 Å². The Kier molecular flexibility index (Phi) is 4.14. The van der Waals surface area contributed by atoms with Gasteiger partial charge in [-0.2, -0.15) is 0 Å². The summed E-state index contributed by atoms with van der Waals surface area (Å²) in [7, 11) is 0. The van der Waals surface area contributed by atoms with E-state index in [2.05, 4.69) is 71.9 Å². The monoisotopic (exact) mass is 269 g/mol. The van der Waals surface area contributed by atoms with Crippen LogP contribution >= 0.6 is 0 Å². The van der Waals surface area contributed by atoms with Gasteiger partial charge in [-0.25, -0.2) is 0 Å². The summed E-state index contributed by atoms with van der Waals surface area (Å²) in [5, 5.41) is 0. The molecule has 0 fully saturated rings. The zero-order chi connectivity index (χ0) is 15.0. The molecular weight excluding hydrogens is 240 g/mol. The second-order valence-corrected chi connectivity index (χ2v) is 7.42. The normalized spacial score (nSPS) is 26.8. The molecule has 0 N–H and O–H groups in total. The molecular formula is C20H29. The lowest BCUT2D eigenvalue weighted by Gasteiger charge is -2.38. The van der Waals surface area contributed by atoms with Gasteiger partial charge in [0.2, 0.25) is 0 Å². The number of hydrogen-bond acceptors (Lipinski definition) is 0. The third-order valence-electron chi connectivity index (χ3n) is 4.51. The first kappa shape index (κ1) is 15.4. The predicted octanol–water partition coefficient (Wildman–Crippen LogP) is 6.19.